The molecule has 94 valence electrons. The number of nitrogens with one attached hydrogen (secondary N) is 1. The fraction of sp³-hybridized carbons (Fsp3) is 0.286. The molecule has 1 aromatic carbocycles. The molecule has 1 aliphatic rings. The average molecular weight is 277 g/mol. The Balaban J connectivity index is 2.24. The van der Waals surface area contributed by atoms with E-state index in [1.807, 2.05) is 18.2 Å². The Hall–Kier alpha value is -1.13. The van der Waals surface area contributed by atoms with Crippen LogP contribution in [0.3, 0.4) is 0 Å². The van der Waals surface area contributed by atoms with E-state index in [2.05, 4.69) is 38.2 Å². The van der Waals surface area contributed by atoms with Crippen LogP contribution in [0.15, 0.2) is 29.2 Å². The maximum atomic E-state index is 11.5. The van der Waals surface area contributed by atoms with Crippen LogP contribution in [0.25, 0.3) is 6.08 Å². The maximum absolute atomic E-state index is 11.5. The van der Waals surface area contributed by atoms with Crippen molar-refractivity contribution in [3.05, 3.63) is 40.3 Å². The van der Waals surface area contributed by atoms with Crippen molar-refractivity contribution in [3.63, 3.8) is 0 Å². The van der Waals surface area contributed by atoms with Gasteiger partial charge in [-0.25, -0.2) is 0 Å². The van der Waals surface area contributed by atoms with Gasteiger partial charge in [0.2, 0.25) is 0 Å². The molecule has 1 aliphatic heterocycles. The predicted octanol–water partition coefficient (Wildman–Crippen LogP) is 3.47. The third kappa shape index (κ3) is 3.00. The smallest absolute Gasteiger partial charge is 0.263 e. The number of benzene rings is 1. The second kappa shape index (κ2) is 4.86. The molecule has 2 nitrogen and oxygen atoms in total. The van der Waals surface area contributed by atoms with Crippen LogP contribution in [0.5, 0.6) is 0 Å². The van der Waals surface area contributed by atoms with Crippen molar-refractivity contribution < 1.29 is 4.79 Å². The molecular weight excluding hydrogens is 262 g/mol. The highest BCUT2D eigenvalue weighted by Crippen LogP contribution is 2.27. The highest BCUT2D eigenvalue weighted by Gasteiger charge is 2.22. The van der Waals surface area contributed by atoms with Gasteiger partial charge >= 0.3 is 0 Å². The van der Waals surface area contributed by atoms with Gasteiger partial charge in [0.15, 0.2) is 0 Å². The molecule has 1 fully saturated rings. The van der Waals surface area contributed by atoms with Gasteiger partial charge in [-0.05, 0) is 22.6 Å². The minimum Gasteiger partial charge on any atom is -0.307 e. The van der Waals surface area contributed by atoms with Gasteiger partial charge in [-0.2, -0.15) is 0 Å². The molecule has 1 aromatic rings. The van der Waals surface area contributed by atoms with Crippen molar-refractivity contribution in [1.29, 1.82) is 0 Å². The monoisotopic (exact) mass is 277 g/mol. The van der Waals surface area contributed by atoms with Crippen LogP contribution in [-0.2, 0) is 10.2 Å². The molecule has 0 atom stereocenters. The normalized spacial score (nSPS) is 18.3. The van der Waals surface area contributed by atoms with Gasteiger partial charge in [-0.1, -0.05) is 69.0 Å². The summed E-state index contributed by atoms with van der Waals surface area (Å²) in [6.07, 6.45) is 1.87. The minimum absolute atomic E-state index is 0.107. The molecule has 18 heavy (non-hydrogen) atoms. The van der Waals surface area contributed by atoms with Crippen LogP contribution in [0, 0.1) is 0 Å². The maximum Gasteiger partial charge on any atom is 0.263 e. The topological polar surface area (TPSA) is 29.1 Å². The number of carbonyl (C=O) groups excluding carboxylic acids is 1. The van der Waals surface area contributed by atoms with Crippen LogP contribution in [0.2, 0.25) is 0 Å². The lowest BCUT2D eigenvalue weighted by molar-refractivity contribution is -0.115. The van der Waals surface area contributed by atoms with Gasteiger partial charge in [0.25, 0.3) is 5.91 Å². The summed E-state index contributed by atoms with van der Waals surface area (Å²) in [5, 5.41) is 2.61. The highest BCUT2D eigenvalue weighted by molar-refractivity contribution is 8.26. The van der Waals surface area contributed by atoms with Gasteiger partial charge in [-0.3, -0.25) is 4.79 Å². The molecule has 0 saturated carbocycles. The van der Waals surface area contributed by atoms with Crippen LogP contribution >= 0.6 is 24.0 Å². The van der Waals surface area contributed by atoms with Crippen molar-refractivity contribution in [2.45, 2.75) is 26.2 Å². The minimum atomic E-state index is -0.107. The molecular formula is C14H15NOS2. The molecule has 1 amide bonds. The standard InChI is InChI=1S/C14H15NOS2/c1-14(2,3)10-6-4-9(5-7-10)8-11-12(16)15-13(17)18-11/h4-8H,1-3H3,(H,15,16,17)/b11-8-. The van der Waals surface area contributed by atoms with E-state index in [1.54, 1.807) is 0 Å². The second-order valence-electron chi connectivity index (χ2n) is 5.22. The zero-order chi connectivity index (χ0) is 13.3. The zero-order valence-electron chi connectivity index (χ0n) is 10.6. The lowest BCUT2D eigenvalue weighted by Crippen LogP contribution is -2.17. The molecule has 0 bridgehead atoms. The quantitative estimate of drug-likeness (QED) is 0.629. The molecule has 4 heteroatoms. The first-order valence-corrected chi connectivity index (χ1v) is 6.94. The number of hydrogen-bond acceptors (Lipinski definition) is 3. The fourth-order valence-corrected chi connectivity index (χ4v) is 2.70. The summed E-state index contributed by atoms with van der Waals surface area (Å²) in [4.78, 5) is 12.2. The lowest BCUT2D eigenvalue weighted by Gasteiger charge is -2.18. The number of thioether (sulfide) groups is 1. The molecule has 0 aromatic heterocycles. The molecule has 0 unspecified atom stereocenters. The molecule has 1 heterocycles. The van der Waals surface area contributed by atoms with Crippen molar-refractivity contribution in [3.8, 4) is 0 Å². The Morgan fingerprint density at radius 1 is 1.22 bits per heavy atom. The Kier molecular flexibility index (Phi) is 3.59. The predicted molar refractivity (Wildman–Crippen MR) is 81.5 cm³/mol. The molecule has 0 aliphatic carbocycles. The van der Waals surface area contributed by atoms with Crippen LogP contribution in [0.1, 0.15) is 31.9 Å². The Labute approximate surface area is 117 Å². The summed E-state index contributed by atoms with van der Waals surface area (Å²) in [5.74, 6) is -0.107. The van der Waals surface area contributed by atoms with Gasteiger partial charge in [0, 0.05) is 0 Å². The first-order chi connectivity index (χ1) is 8.36. The van der Waals surface area contributed by atoms with Crippen molar-refractivity contribution in [2.75, 3.05) is 0 Å². The number of rotatable bonds is 1. The molecule has 0 spiro atoms. The third-order valence-electron chi connectivity index (χ3n) is 2.72. The first-order valence-electron chi connectivity index (χ1n) is 5.72. The van der Waals surface area contributed by atoms with Crippen LogP contribution < -0.4 is 5.32 Å². The van der Waals surface area contributed by atoms with Gasteiger partial charge in [0.05, 0.1) is 4.91 Å². The Morgan fingerprint density at radius 2 is 1.83 bits per heavy atom. The van der Waals surface area contributed by atoms with Gasteiger partial charge in [0.1, 0.15) is 4.32 Å². The van der Waals surface area contributed by atoms with E-state index in [9.17, 15) is 4.79 Å². The summed E-state index contributed by atoms with van der Waals surface area (Å²) in [6.45, 7) is 6.54. The Bertz CT molecular complexity index is 524. The van der Waals surface area contributed by atoms with Crippen LogP contribution in [-0.4, -0.2) is 10.2 Å². The van der Waals surface area contributed by atoms with Crippen molar-refractivity contribution >= 4 is 40.3 Å². The van der Waals surface area contributed by atoms with E-state index >= 15 is 0 Å². The van der Waals surface area contributed by atoms with E-state index in [4.69, 9.17) is 12.2 Å². The van der Waals surface area contributed by atoms with E-state index in [1.165, 1.54) is 17.3 Å². The number of carbonyl (C=O) groups is 1. The van der Waals surface area contributed by atoms with E-state index in [0.29, 0.717) is 9.23 Å². The fourth-order valence-electron chi connectivity index (χ4n) is 1.65. The van der Waals surface area contributed by atoms with Crippen LogP contribution in [0.4, 0.5) is 0 Å². The SMILES string of the molecule is CC(C)(C)c1ccc(/C=C2\SC(=S)NC2=O)cc1. The Morgan fingerprint density at radius 3 is 2.28 bits per heavy atom. The van der Waals surface area contributed by atoms with Gasteiger partial charge in [-0.15, -0.1) is 0 Å². The van der Waals surface area contributed by atoms with E-state index in [0.717, 1.165) is 5.56 Å². The summed E-state index contributed by atoms with van der Waals surface area (Å²) in [5.41, 5.74) is 2.45. The number of thiocarbonyl (C=S) groups is 1. The summed E-state index contributed by atoms with van der Waals surface area (Å²) in [7, 11) is 0. The zero-order valence-corrected chi connectivity index (χ0v) is 12.2. The van der Waals surface area contributed by atoms with Crippen molar-refractivity contribution in [2.24, 2.45) is 0 Å². The highest BCUT2D eigenvalue weighted by atomic mass is 32.2. The summed E-state index contributed by atoms with van der Waals surface area (Å²) >= 11 is 6.26. The van der Waals surface area contributed by atoms with Crippen molar-refractivity contribution in [1.82, 2.24) is 5.32 Å². The summed E-state index contributed by atoms with van der Waals surface area (Å²) < 4.78 is 0.526. The summed E-state index contributed by atoms with van der Waals surface area (Å²) in [6, 6.07) is 8.26. The third-order valence-corrected chi connectivity index (χ3v) is 3.88. The number of hydrogen-bond donors (Lipinski definition) is 1. The largest absolute Gasteiger partial charge is 0.307 e. The molecule has 1 N–H and O–H groups in total. The molecule has 1 saturated heterocycles. The lowest BCUT2D eigenvalue weighted by atomic mass is 9.87. The average Bonchev–Trinajstić information content (AvgIpc) is 2.57. The first kappa shape index (κ1) is 13.3. The number of amides is 1. The molecule has 2 rings (SSSR count). The molecule has 0 radical (unpaired) electrons. The second-order valence-corrected chi connectivity index (χ2v) is 6.94. The van der Waals surface area contributed by atoms with Gasteiger partial charge < -0.3 is 5.32 Å². The van der Waals surface area contributed by atoms with E-state index in [-0.39, 0.29) is 11.3 Å². The van der Waals surface area contributed by atoms with E-state index < -0.39 is 0 Å².